The van der Waals surface area contributed by atoms with Crippen LogP contribution < -0.4 is 0 Å². The van der Waals surface area contributed by atoms with Gasteiger partial charge in [-0.1, -0.05) is 31.0 Å². The van der Waals surface area contributed by atoms with Crippen LogP contribution in [0.4, 0.5) is 0 Å². The largest absolute Gasteiger partial charge is 0.284 e. The third-order valence-corrected chi connectivity index (χ3v) is 3.50. The maximum Gasteiger partial charge on any atom is 0.125 e. The minimum absolute atomic E-state index is 0.279. The summed E-state index contributed by atoms with van der Waals surface area (Å²) in [4.78, 5) is 2.21. The van der Waals surface area contributed by atoms with E-state index < -0.39 is 0 Å². The molecule has 0 amide bonds. The molecule has 92 valence electrons. The zero-order valence-corrected chi connectivity index (χ0v) is 10.5. The third-order valence-electron chi connectivity index (χ3n) is 3.50. The Kier molecular flexibility index (Phi) is 4.34. The molecule has 0 N–H and O–H groups in total. The van der Waals surface area contributed by atoms with Crippen molar-refractivity contribution in [1.29, 1.82) is 10.5 Å². The number of nitriles is 2. The molecule has 1 atom stereocenters. The van der Waals surface area contributed by atoms with Gasteiger partial charge >= 0.3 is 0 Å². The summed E-state index contributed by atoms with van der Waals surface area (Å²) in [5.41, 5.74) is 1.47. The minimum Gasteiger partial charge on any atom is -0.284 e. The second-order valence-corrected chi connectivity index (χ2v) is 4.68. The zero-order valence-electron chi connectivity index (χ0n) is 10.5. The highest BCUT2D eigenvalue weighted by atomic mass is 15.2. The maximum absolute atomic E-state index is 9.44. The van der Waals surface area contributed by atoms with Crippen molar-refractivity contribution in [2.75, 3.05) is 13.1 Å². The molecular formula is C15H17N3. The quantitative estimate of drug-likeness (QED) is 0.797. The lowest BCUT2D eigenvalue weighted by Gasteiger charge is -2.26. The van der Waals surface area contributed by atoms with Crippen LogP contribution in [0, 0.1) is 22.7 Å². The molecule has 1 fully saturated rings. The van der Waals surface area contributed by atoms with Crippen molar-refractivity contribution in [2.45, 2.75) is 31.7 Å². The van der Waals surface area contributed by atoms with Gasteiger partial charge in [0.15, 0.2) is 0 Å². The van der Waals surface area contributed by atoms with E-state index in [-0.39, 0.29) is 6.04 Å². The Hall–Kier alpha value is -1.84. The number of benzene rings is 1. The molecule has 1 heterocycles. The average molecular weight is 239 g/mol. The highest BCUT2D eigenvalue weighted by molar-refractivity contribution is 5.41. The molecule has 1 aliphatic rings. The SMILES string of the molecule is N#Cc1ccccc1C(C#N)N1CCCCCC1. The highest BCUT2D eigenvalue weighted by Gasteiger charge is 2.23. The summed E-state index contributed by atoms with van der Waals surface area (Å²) in [6.45, 7) is 1.91. The van der Waals surface area contributed by atoms with E-state index in [4.69, 9.17) is 5.26 Å². The lowest BCUT2D eigenvalue weighted by Crippen LogP contribution is -2.29. The van der Waals surface area contributed by atoms with Crippen LogP contribution in [0.25, 0.3) is 0 Å². The number of likely N-dealkylation sites (tertiary alicyclic amines) is 1. The van der Waals surface area contributed by atoms with Crippen LogP contribution >= 0.6 is 0 Å². The first-order valence-corrected chi connectivity index (χ1v) is 6.49. The second-order valence-electron chi connectivity index (χ2n) is 4.68. The van der Waals surface area contributed by atoms with Gasteiger partial charge < -0.3 is 0 Å². The van der Waals surface area contributed by atoms with E-state index in [1.165, 1.54) is 12.8 Å². The lowest BCUT2D eigenvalue weighted by atomic mass is 10.0. The summed E-state index contributed by atoms with van der Waals surface area (Å²) < 4.78 is 0. The summed E-state index contributed by atoms with van der Waals surface area (Å²) in [5.74, 6) is 0. The molecule has 1 aliphatic heterocycles. The van der Waals surface area contributed by atoms with E-state index in [0.717, 1.165) is 31.5 Å². The predicted octanol–water partition coefficient (Wildman–Crippen LogP) is 3.00. The van der Waals surface area contributed by atoms with Gasteiger partial charge in [0, 0.05) is 5.56 Å². The molecular weight excluding hydrogens is 222 g/mol. The lowest BCUT2D eigenvalue weighted by molar-refractivity contribution is 0.245. The van der Waals surface area contributed by atoms with Crippen molar-refractivity contribution >= 4 is 0 Å². The van der Waals surface area contributed by atoms with Crippen LogP contribution in [0.3, 0.4) is 0 Å². The van der Waals surface area contributed by atoms with Gasteiger partial charge in [-0.15, -0.1) is 0 Å². The third kappa shape index (κ3) is 2.70. The fraction of sp³-hybridized carbons (Fsp3) is 0.467. The van der Waals surface area contributed by atoms with Crippen LogP contribution in [-0.2, 0) is 0 Å². The van der Waals surface area contributed by atoms with Crippen LogP contribution in [-0.4, -0.2) is 18.0 Å². The number of hydrogen-bond acceptors (Lipinski definition) is 3. The standard InChI is InChI=1S/C15H17N3/c16-11-13-7-3-4-8-14(13)15(12-17)18-9-5-1-2-6-10-18/h3-4,7-8,15H,1-2,5-6,9-10H2. The Morgan fingerprint density at radius 3 is 2.28 bits per heavy atom. The van der Waals surface area contributed by atoms with Crippen molar-refractivity contribution in [2.24, 2.45) is 0 Å². The molecule has 1 aromatic carbocycles. The molecule has 0 spiro atoms. The summed E-state index contributed by atoms with van der Waals surface area (Å²) >= 11 is 0. The topological polar surface area (TPSA) is 50.8 Å². The number of hydrogen-bond donors (Lipinski definition) is 0. The molecule has 0 saturated carbocycles. The molecule has 0 aromatic heterocycles. The Morgan fingerprint density at radius 1 is 1.00 bits per heavy atom. The summed E-state index contributed by atoms with van der Waals surface area (Å²) in [5, 5.41) is 18.6. The fourth-order valence-corrected chi connectivity index (χ4v) is 2.54. The molecule has 0 bridgehead atoms. The van der Waals surface area contributed by atoms with E-state index in [9.17, 15) is 5.26 Å². The van der Waals surface area contributed by atoms with E-state index in [0.29, 0.717) is 5.56 Å². The predicted molar refractivity (Wildman–Crippen MR) is 69.6 cm³/mol. The maximum atomic E-state index is 9.44. The fourth-order valence-electron chi connectivity index (χ4n) is 2.54. The molecule has 0 aliphatic carbocycles. The van der Waals surface area contributed by atoms with Gasteiger partial charge in [-0.2, -0.15) is 10.5 Å². The Labute approximate surface area is 108 Å². The molecule has 2 rings (SSSR count). The zero-order chi connectivity index (χ0) is 12.8. The summed E-state index contributed by atoms with van der Waals surface area (Å²) in [6, 6.07) is 11.7. The molecule has 1 saturated heterocycles. The smallest absolute Gasteiger partial charge is 0.125 e. The van der Waals surface area contributed by atoms with E-state index in [2.05, 4.69) is 17.0 Å². The molecule has 1 unspecified atom stereocenters. The first kappa shape index (κ1) is 12.6. The van der Waals surface area contributed by atoms with Crippen molar-refractivity contribution < 1.29 is 0 Å². The van der Waals surface area contributed by atoms with Gasteiger partial charge in [0.25, 0.3) is 0 Å². The van der Waals surface area contributed by atoms with Crippen molar-refractivity contribution in [1.82, 2.24) is 4.90 Å². The Morgan fingerprint density at radius 2 is 1.67 bits per heavy atom. The average Bonchev–Trinajstić information content (AvgIpc) is 2.69. The monoisotopic (exact) mass is 239 g/mol. The Balaban J connectivity index is 2.27. The highest BCUT2D eigenvalue weighted by Crippen LogP contribution is 2.25. The van der Waals surface area contributed by atoms with Crippen molar-refractivity contribution in [3.05, 3.63) is 35.4 Å². The number of nitrogens with zero attached hydrogens (tertiary/aromatic N) is 3. The first-order valence-electron chi connectivity index (χ1n) is 6.49. The van der Waals surface area contributed by atoms with Gasteiger partial charge in [-0.05, 0) is 32.0 Å². The molecule has 18 heavy (non-hydrogen) atoms. The molecule has 3 nitrogen and oxygen atoms in total. The van der Waals surface area contributed by atoms with Gasteiger partial charge in [0.2, 0.25) is 0 Å². The van der Waals surface area contributed by atoms with E-state index >= 15 is 0 Å². The molecule has 1 aromatic rings. The Bertz CT molecular complexity index is 473. The van der Waals surface area contributed by atoms with Crippen LogP contribution in [0.15, 0.2) is 24.3 Å². The molecule has 3 heteroatoms. The van der Waals surface area contributed by atoms with Crippen molar-refractivity contribution in [3.63, 3.8) is 0 Å². The van der Waals surface area contributed by atoms with Crippen LogP contribution in [0.5, 0.6) is 0 Å². The number of rotatable bonds is 2. The summed E-state index contributed by atoms with van der Waals surface area (Å²) in [7, 11) is 0. The molecule has 0 radical (unpaired) electrons. The van der Waals surface area contributed by atoms with Gasteiger partial charge in [0.1, 0.15) is 6.04 Å². The first-order chi connectivity index (χ1) is 8.86. The normalized spacial score (nSPS) is 18.3. The van der Waals surface area contributed by atoms with Gasteiger partial charge in [-0.3, -0.25) is 4.90 Å². The minimum atomic E-state index is -0.279. The van der Waals surface area contributed by atoms with Crippen LogP contribution in [0.1, 0.15) is 42.9 Å². The van der Waals surface area contributed by atoms with Gasteiger partial charge in [0.05, 0.1) is 17.7 Å². The second kappa shape index (κ2) is 6.19. The van der Waals surface area contributed by atoms with Crippen molar-refractivity contribution in [3.8, 4) is 12.1 Å². The van der Waals surface area contributed by atoms with E-state index in [1.54, 1.807) is 6.07 Å². The van der Waals surface area contributed by atoms with Crippen LogP contribution in [0.2, 0.25) is 0 Å². The summed E-state index contributed by atoms with van der Waals surface area (Å²) in [6.07, 6.45) is 4.78. The van der Waals surface area contributed by atoms with E-state index in [1.807, 2.05) is 18.2 Å². The van der Waals surface area contributed by atoms with Gasteiger partial charge in [-0.25, -0.2) is 0 Å².